The van der Waals surface area contributed by atoms with E-state index in [9.17, 15) is 23.2 Å². The number of rotatable bonds is 5. The lowest BCUT2D eigenvalue weighted by atomic mass is 10.1. The lowest BCUT2D eigenvalue weighted by Gasteiger charge is -2.13. The molecule has 0 aliphatic carbocycles. The third kappa shape index (κ3) is 5.11. The molecule has 3 rings (SSSR count). The number of halogens is 3. The Bertz CT molecular complexity index is 1080. The monoisotopic (exact) mass is 396 g/mol. The summed E-state index contributed by atoms with van der Waals surface area (Å²) in [4.78, 5) is 12.3. The quantitative estimate of drug-likeness (QED) is 0.510. The van der Waals surface area contributed by atoms with Gasteiger partial charge in [-0.1, -0.05) is 42.5 Å². The van der Waals surface area contributed by atoms with Crippen LogP contribution in [0.4, 0.5) is 18.9 Å². The Kier molecular flexibility index (Phi) is 5.79. The molecule has 0 aliphatic rings. The van der Waals surface area contributed by atoms with E-state index < -0.39 is 23.3 Å². The van der Waals surface area contributed by atoms with Gasteiger partial charge in [-0.25, -0.2) is 0 Å². The summed E-state index contributed by atoms with van der Waals surface area (Å²) in [6.45, 7) is 0.502. The number of amides is 1. The standard InChI is InChI=1S/C21H15F3N4O/c22-21(23,24)18-8-4-5-9-19(18)27-20(29)17(11-25)10-16-12-26-28(14-16)13-15-6-2-1-3-7-15/h1-10,12,14H,13H2,(H,27,29)/b17-10+. The van der Waals surface area contributed by atoms with Crippen molar-refractivity contribution in [1.29, 1.82) is 5.26 Å². The van der Waals surface area contributed by atoms with Crippen LogP contribution >= 0.6 is 0 Å². The second-order valence-electron chi connectivity index (χ2n) is 6.12. The fraction of sp³-hybridized carbons (Fsp3) is 0.0952. The van der Waals surface area contributed by atoms with Crippen molar-refractivity contribution in [2.24, 2.45) is 0 Å². The number of alkyl halides is 3. The lowest BCUT2D eigenvalue weighted by molar-refractivity contribution is -0.137. The molecule has 0 atom stereocenters. The summed E-state index contributed by atoms with van der Waals surface area (Å²) in [5, 5.41) is 15.6. The minimum Gasteiger partial charge on any atom is -0.321 e. The first-order valence-corrected chi connectivity index (χ1v) is 8.52. The Balaban J connectivity index is 1.77. The summed E-state index contributed by atoms with van der Waals surface area (Å²) in [6, 6.07) is 15.9. The van der Waals surface area contributed by atoms with E-state index in [-0.39, 0.29) is 5.57 Å². The smallest absolute Gasteiger partial charge is 0.321 e. The highest BCUT2D eigenvalue weighted by Crippen LogP contribution is 2.34. The van der Waals surface area contributed by atoms with Crippen molar-refractivity contribution in [3.8, 4) is 6.07 Å². The Hall–Kier alpha value is -3.86. The van der Waals surface area contributed by atoms with Crippen molar-refractivity contribution in [3.63, 3.8) is 0 Å². The van der Waals surface area contributed by atoms with E-state index >= 15 is 0 Å². The number of hydrogen-bond acceptors (Lipinski definition) is 3. The van der Waals surface area contributed by atoms with Crippen LogP contribution in [0, 0.1) is 11.3 Å². The Morgan fingerprint density at radius 1 is 1.14 bits per heavy atom. The van der Waals surface area contributed by atoms with Crippen molar-refractivity contribution in [1.82, 2.24) is 9.78 Å². The average Bonchev–Trinajstić information content (AvgIpc) is 3.13. The van der Waals surface area contributed by atoms with E-state index in [1.165, 1.54) is 24.4 Å². The van der Waals surface area contributed by atoms with Gasteiger partial charge < -0.3 is 5.32 Å². The number of carbonyl (C=O) groups excluding carboxylic acids is 1. The predicted octanol–water partition coefficient (Wildman–Crippen LogP) is 4.50. The molecule has 5 nitrogen and oxygen atoms in total. The van der Waals surface area contributed by atoms with Gasteiger partial charge in [0.25, 0.3) is 5.91 Å². The van der Waals surface area contributed by atoms with Gasteiger partial charge in [-0.3, -0.25) is 9.48 Å². The van der Waals surface area contributed by atoms with Crippen LogP contribution in [0.5, 0.6) is 0 Å². The Morgan fingerprint density at radius 3 is 2.52 bits per heavy atom. The molecule has 1 amide bonds. The van der Waals surface area contributed by atoms with Crippen LogP contribution in [0.25, 0.3) is 6.08 Å². The fourth-order valence-electron chi connectivity index (χ4n) is 2.66. The SMILES string of the molecule is N#C/C(=C\c1cnn(Cc2ccccc2)c1)C(=O)Nc1ccccc1C(F)(F)F. The van der Waals surface area contributed by atoms with Gasteiger partial charge in [0.05, 0.1) is 24.0 Å². The van der Waals surface area contributed by atoms with Crippen LogP contribution < -0.4 is 5.32 Å². The molecule has 29 heavy (non-hydrogen) atoms. The maximum absolute atomic E-state index is 13.1. The van der Waals surface area contributed by atoms with E-state index in [2.05, 4.69) is 10.4 Å². The minimum absolute atomic E-state index is 0.332. The van der Waals surface area contributed by atoms with Crippen molar-refractivity contribution < 1.29 is 18.0 Å². The van der Waals surface area contributed by atoms with Crippen LogP contribution in [0.1, 0.15) is 16.7 Å². The van der Waals surface area contributed by atoms with Gasteiger partial charge in [-0.2, -0.15) is 23.5 Å². The molecule has 0 saturated heterocycles. The molecule has 0 radical (unpaired) electrons. The first kappa shape index (κ1) is 19.9. The zero-order chi connectivity index (χ0) is 20.9. The van der Waals surface area contributed by atoms with Crippen LogP contribution in [0.15, 0.2) is 72.6 Å². The normalized spacial score (nSPS) is 11.7. The number of nitriles is 1. The second kappa shape index (κ2) is 8.44. The highest BCUT2D eigenvalue weighted by Gasteiger charge is 2.33. The van der Waals surface area contributed by atoms with Crippen LogP contribution in [0.3, 0.4) is 0 Å². The number of para-hydroxylation sites is 1. The summed E-state index contributed by atoms with van der Waals surface area (Å²) in [7, 11) is 0. The molecule has 1 aromatic heterocycles. The highest BCUT2D eigenvalue weighted by atomic mass is 19.4. The number of nitrogens with zero attached hydrogens (tertiary/aromatic N) is 3. The molecule has 0 aliphatic heterocycles. The molecule has 2 aromatic carbocycles. The van der Waals surface area contributed by atoms with Gasteiger partial charge in [0, 0.05) is 11.8 Å². The van der Waals surface area contributed by atoms with Gasteiger partial charge in [-0.05, 0) is 23.8 Å². The van der Waals surface area contributed by atoms with E-state index in [0.717, 1.165) is 17.7 Å². The molecular weight excluding hydrogens is 381 g/mol. The second-order valence-corrected chi connectivity index (χ2v) is 6.12. The predicted molar refractivity (Wildman–Crippen MR) is 101 cm³/mol. The molecule has 0 bridgehead atoms. The summed E-state index contributed by atoms with van der Waals surface area (Å²) in [5.41, 5.74) is -0.224. The number of benzene rings is 2. The summed E-state index contributed by atoms with van der Waals surface area (Å²) in [5.74, 6) is -0.931. The molecule has 1 N–H and O–H groups in total. The molecule has 1 heterocycles. The molecule has 3 aromatic rings. The van der Waals surface area contributed by atoms with E-state index in [0.29, 0.717) is 12.1 Å². The first-order chi connectivity index (χ1) is 13.9. The summed E-state index contributed by atoms with van der Waals surface area (Å²) >= 11 is 0. The molecule has 8 heteroatoms. The summed E-state index contributed by atoms with van der Waals surface area (Å²) < 4.78 is 40.8. The van der Waals surface area contributed by atoms with Crippen molar-refractivity contribution >= 4 is 17.7 Å². The average molecular weight is 396 g/mol. The largest absolute Gasteiger partial charge is 0.418 e. The maximum atomic E-state index is 13.1. The number of carbonyl (C=O) groups is 1. The zero-order valence-corrected chi connectivity index (χ0v) is 15.0. The third-order valence-electron chi connectivity index (χ3n) is 4.00. The van der Waals surface area contributed by atoms with Gasteiger partial charge >= 0.3 is 6.18 Å². The molecular formula is C21H15F3N4O. The molecule has 0 fully saturated rings. The molecule has 0 unspecified atom stereocenters. The third-order valence-corrected chi connectivity index (χ3v) is 4.00. The number of nitrogens with one attached hydrogen (secondary N) is 1. The minimum atomic E-state index is -4.63. The zero-order valence-electron chi connectivity index (χ0n) is 15.0. The Morgan fingerprint density at radius 2 is 1.83 bits per heavy atom. The number of anilines is 1. The van der Waals surface area contributed by atoms with Crippen LogP contribution in [-0.2, 0) is 17.5 Å². The van der Waals surface area contributed by atoms with E-state index in [1.54, 1.807) is 16.9 Å². The topological polar surface area (TPSA) is 70.7 Å². The van der Waals surface area contributed by atoms with Crippen LogP contribution in [-0.4, -0.2) is 15.7 Å². The fourth-order valence-corrected chi connectivity index (χ4v) is 2.66. The molecule has 0 spiro atoms. The van der Waals surface area contributed by atoms with E-state index in [1.807, 2.05) is 30.3 Å². The van der Waals surface area contributed by atoms with Crippen molar-refractivity contribution in [2.45, 2.75) is 12.7 Å². The van der Waals surface area contributed by atoms with Crippen molar-refractivity contribution in [2.75, 3.05) is 5.32 Å². The highest BCUT2D eigenvalue weighted by molar-refractivity contribution is 6.10. The van der Waals surface area contributed by atoms with Crippen molar-refractivity contribution in [3.05, 3.63) is 89.3 Å². The van der Waals surface area contributed by atoms with Gasteiger partial charge in [0.15, 0.2) is 0 Å². The number of aromatic nitrogens is 2. The van der Waals surface area contributed by atoms with Crippen LogP contribution in [0.2, 0.25) is 0 Å². The molecule has 146 valence electrons. The Labute approximate surface area is 164 Å². The number of hydrogen-bond donors (Lipinski definition) is 1. The van der Waals surface area contributed by atoms with Gasteiger partial charge in [-0.15, -0.1) is 0 Å². The summed E-state index contributed by atoms with van der Waals surface area (Å²) in [6.07, 6.45) is -0.239. The lowest BCUT2D eigenvalue weighted by Crippen LogP contribution is -2.17. The molecule has 0 saturated carbocycles. The van der Waals surface area contributed by atoms with Gasteiger partial charge in [0.1, 0.15) is 11.6 Å². The van der Waals surface area contributed by atoms with Gasteiger partial charge in [0.2, 0.25) is 0 Å². The van der Waals surface area contributed by atoms with E-state index in [4.69, 9.17) is 0 Å². The first-order valence-electron chi connectivity index (χ1n) is 8.52. The maximum Gasteiger partial charge on any atom is 0.418 e.